The number of amides is 1. The van der Waals surface area contributed by atoms with Crippen LogP contribution in [-0.2, 0) is 4.79 Å². The molecule has 1 atom stereocenters. The number of anilines is 1. The van der Waals surface area contributed by atoms with Gasteiger partial charge in [0, 0.05) is 6.54 Å². The Bertz CT molecular complexity index is 309. The first-order chi connectivity index (χ1) is 6.86. The average molecular weight is 193 g/mol. The highest BCUT2D eigenvalue weighted by Gasteiger charge is 2.22. The van der Waals surface area contributed by atoms with Crippen LogP contribution < -0.4 is 10.6 Å². The van der Waals surface area contributed by atoms with Crippen LogP contribution in [0, 0.1) is 5.92 Å². The van der Waals surface area contributed by atoms with Crippen LogP contribution in [0.3, 0.4) is 0 Å². The largest absolute Gasteiger partial charge is 0.316 e. The zero-order chi connectivity index (χ0) is 9.80. The van der Waals surface area contributed by atoms with Crippen LogP contribution in [0.15, 0.2) is 12.4 Å². The zero-order valence-corrected chi connectivity index (χ0v) is 7.60. The Morgan fingerprint density at radius 2 is 2.50 bits per heavy atom. The summed E-state index contributed by atoms with van der Waals surface area (Å²) >= 11 is 0. The Hall–Kier alpha value is -1.56. The van der Waals surface area contributed by atoms with Gasteiger partial charge in [0.15, 0.2) is 0 Å². The van der Waals surface area contributed by atoms with Crippen molar-refractivity contribution in [2.24, 2.45) is 5.92 Å². The number of hydrogen-bond acceptors (Lipinski definition) is 5. The summed E-state index contributed by atoms with van der Waals surface area (Å²) in [5, 5.41) is 13.0. The maximum absolute atomic E-state index is 11.6. The Labute approximate surface area is 81.1 Å². The van der Waals surface area contributed by atoms with E-state index in [0.717, 1.165) is 19.5 Å². The second-order valence-electron chi connectivity index (χ2n) is 3.15. The number of aromatic nitrogens is 3. The Morgan fingerprint density at radius 3 is 3.14 bits per heavy atom. The Morgan fingerprint density at radius 1 is 1.57 bits per heavy atom. The predicted octanol–water partition coefficient (Wildman–Crippen LogP) is -0.580. The van der Waals surface area contributed by atoms with Crippen LogP contribution in [0.5, 0.6) is 0 Å². The van der Waals surface area contributed by atoms with Gasteiger partial charge in [0.25, 0.3) is 0 Å². The first kappa shape index (κ1) is 9.01. The SMILES string of the molecule is O=C(Nc1nccnn1)C1CCNC1. The summed E-state index contributed by atoms with van der Waals surface area (Å²) in [6.07, 6.45) is 3.83. The quantitative estimate of drug-likeness (QED) is 0.656. The third-order valence-corrected chi connectivity index (χ3v) is 2.15. The van der Waals surface area contributed by atoms with Crippen molar-refractivity contribution < 1.29 is 4.79 Å². The van der Waals surface area contributed by atoms with Crippen molar-refractivity contribution in [2.75, 3.05) is 18.4 Å². The summed E-state index contributed by atoms with van der Waals surface area (Å²) in [5.74, 6) is 0.256. The van der Waals surface area contributed by atoms with Gasteiger partial charge in [-0.3, -0.25) is 10.1 Å². The van der Waals surface area contributed by atoms with Crippen molar-refractivity contribution in [1.29, 1.82) is 0 Å². The van der Waals surface area contributed by atoms with Gasteiger partial charge in [-0.2, -0.15) is 5.10 Å². The molecule has 74 valence electrons. The number of hydrogen-bond donors (Lipinski definition) is 2. The highest BCUT2D eigenvalue weighted by molar-refractivity contribution is 5.91. The van der Waals surface area contributed by atoms with E-state index in [2.05, 4.69) is 25.8 Å². The molecule has 1 amide bonds. The van der Waals surface area contributed by atoms with E-state index in [9.17, 15) is 4.79 Å². The van der Waals surface area contributed by atoms with Gasteiger partial charge in [0.1, 0.15) is 0 Å². The zero-order valence-electron chi connectivity index (χ0n) is 7.60. The van der Waals surface area contributed by atoms with Crippen molar-refractivity contribution in [1.82, 2.24) is 20.5 Å². The predicted molar refractivity (Wildman–Crippen MR) is 49.4 cm³/mol. The van der Waals surface area contributed by atoms with E-state index >= 15 is 0 Å². The molecule has 2 rings (SSSR count). The van der Waals surface area contributed by atoms with Crippen molar-refractivity contribution in [2.45, 2.75) is 6.42 Å². The van der Waals surface area contributed by atoms with Crippen LogP contribution >= 0.6 is 0 Å². The van der Waals surface area contributed by atoms with Gasteiger partial charge in [0.05, 0.1) is 18.3 Å². The van der Waals surface area contributed by atoms with Gasteiger partial charge in [-0.25, -0.2) is 4.98 Å². The van der Waals surface area contributed by atoms with E-state index in [4.69, 9.17) is 0 Å². The lowest BCUT2D eigenvalue weighted by molar-refractivity contribution is -0.119. The molecule has 1 unspecified atom stereocenters. The minimum atomic E-state index is -0.0389. The molecule has 1 saturated heterocycles. The molecule has 1 aromatic rings. The number of rotatable bonds is 2. The molecule has 6 nitrogen and oxygen atoms in total. The molecule has 0 saturated carbocycles. The van der Waals surface area contributed by atoms with Gasteiger partial charge < -0.3 is 5.32 Å². The minimum absolute atomic E-state index is 0.0267. The maximum atomic E-state index is 11.6. The van der Waals surface area contributed by atoms with Gasteiger partial charge in [-0.1, -0.05) is 0 Å². The molecule has 0 bridgehead atoms. The van der Waals surface area contributed by atoms with Crippen LogP contribution in [0.25, 0.3) is 0 Å². The number of carbonyl (C=O) groups excluding carboxylic acids is 1. The summed E-state index contributed by atoms with van der Waals surface area (Å²) in [7, 11) is 0. The number of nitrogens with one attached hydrogen (secondary N) is 2. The fourth-order valence-corrected chi connectivity index (χ4v) is 1.40. The van der Waals surface area contributed by atoms with Gasteiger partial charge in [-0.15, -0.1) is 5.10 Å². The standard InChI is InChI=1S/C8H11N5O/c14-7(6-1-2-9-5-6)12-8-10-3-4-11-13-8/h3-4,6,9H,1-2,5H2,(H,10,12,13,14). The van der Waals surface area contributed by atoms with E-state index in [1.54, 1.807) is 0 Å². The highest BCUT2D eigenvalue weighted by Crippen LogP contribution is 2.09. The first-order valence-corrected chi connectivity index (χ1v) is 4.51. The molecule has 6 heteroatoms. The highest BCUT2D eigenvalue weighted by atomic mass is 16.2. The Kier molecular flexibility index (Phi) is 2.64. The maximum Gasteiger partial charge on any atom is 0.249 e. The second-order valence-corrected chi connectivity index (χ2v) is 3.15. The summed E-state index contributed by atoms with van der Waals surface area (Å²) < 4.78 is 0. The molecular weight excluding hydrogens is 182 g/mol. The van der Waals surface area contributed by atoms with E-state index < -0.39 is 0 Å². The van der Waals surface area contributed by atoms with Crippen molar-refractivity contribution in [3.8, 4) is 0 Å². The molecule has 1 aromatic heterocycles. The fourth-order valence-electron chi connectivity index (χ4n) is 1.40. The first-order valence-electron chi connectivity index (χ1n) is 4.51. The number of carbonyl (C=O) groups is 1. The topological polar surface area (TPSA) is 79.8 Å². The lowest BCUT2D eigenvalue weighted by atomic mass is 10.1. The molecular formula is C8H11N5O. The monoisotopic (exact) mass is 193 g/mol. The third-order valence-electron chi connectivity index (χ3n) is 2.15. The van der Waals surface area contributed by atoms with Crippen LogP contribution in [0.4, 0.5) is 5.95 Å². The van der Waals surface area contributed by atoms with E-state index in [0.29, 0.717) is 0 Å². The van der Waals surface area contributed by atoms with Crippen molar-refractivity contribution in [3.63, 3.8) is 0 Å². The van der Waals surface area contributed by atoms with Gasteiger partial charge in [-0.05, 0) is 13.0 Å². The van der Waals surface area contributed by atoms with Crippen LogP contribution in [0.2, 0.25) is 0 Å². The van der Waals surface area contributed by atoms with E-state index in [-0.39, 0.29) is 17.8 Å². The molecule has 2 heterocycles. The molecule has 14 heavy (non-hydrogen) atoms. The van der Waals surface area contributed by atoms with Gasteiger partial charge >= 0.3 is 0 Å². The van der Waals surface area contributed by atoms with Crippen LogP contribution in [0.1, 0.15) is 6.42 Å². The molecule has 1 aliphatic rings. The molecule has 0 aliphatic carbocycles. The third kappa shape index (κ3) is 2.02. The summed E-state index contributed by atoms with van der Waals surface area (Å²) in [6.45, 7) is 1.62. The fraction of sp³-hybridized carbons (Fsp3) is 0.500. The second kappa shape index (κ2) is 4.10. The molecule has 1 fully saturated rings. The van der Waals surface area contributed by atoms with Gasteiger partial charge in [0.2, 0.25) is 11.9 Å². The Balaban J connectivity index is 1.94. The van der Waals surface area contributed by atoms with Crippen molar-refractivity contribution >= 4 is 11.9 Å². The number of nitrogens with zero attached hydrogens (tertiary/aromatic N) is 3. The molecule has 0 aromatic carbocycles. The molecule has 0 spiro atoms. The smallest absolute Gasteiger partial charge is 0.249 e. The average Bonchev–Trinajstić information content (AvgIpc) is 2.72. The minimum Gasteiger partial charge on any atom is -0.316 e. The van der Waals surface area contributed by atoms with Crippen LogP contribution in [-0.4, -0.2) is 34.2 Å². The lowest BCUT2D eigenvalue weighted by Gasteiger charge is -2.06. The van der Waals surface area contributed by atoms with E-state index in [1.807, 2.05) is 0 Å². The van der Waals surface area contributed by atoms with Crippen molar-refractivity contribution in [3.05, 3.63) is 12.4 Å². The lowest BCUT2D eigenvalue weighted by Crippen LogP contribution is -2.25. The summed E-state index contributed by atoms with van der Waals surface area (Å²) in [5.41, 5.74) is 0. The molecule has 0 radical (unpaired) electrons. The summed E-state index contributed by atoms with van der Waals surface area (Å²) in [4.78, 5) is 15.4. The normalized spacial score (nSPS) is 20.7. The molecule has 2 N–H and O–H groups in total. The molecule has 1 aliphatic heterocycles. The summed E-state index contributed by atoms with van der Waals surface area (Å²) in [6, 6.07) is 0. The van der Waals surface area contributed by atoms with E-state index in [1.165, 1.54) is 12.4 Å².